The highest BCUT2D eigenvalue weighted by Crippen LogP contribution is 2.22. The maximum atomic E-state index is 10.0. The molecule has 0 saturated carbocycles. The van der Waals surface area contributed by atoms with Gasteiger partial charge >= 0.3 is 0 Å². The average molecular weight is 257 g/mol. The van der Waals surface area contributed by atoms with Gasteiger partial charge in [0.1, 0.15) is 0 Å². The van der Waals surface area contributed by atoms with Crippen molar-refractivity contribution in [2.45, 2.75) is 0 Å². The summed E-state index contributed by atoms with van der Waals surface area (Å²) in [4.78, 5) is 9.59. The number of nitro groups is 1. The lowest BCUT2D eigenvalue weighted by Crippen LogP contribution is -2.19. The summed E-state index contributed by atoms with van der Waals surface area (Å²) in [5.74, 6) is 0. The fourth-order valence-electron chi connectivity index (χ4n) is 1.74. The fraction of sp³-hybridized carbons (Fsp3) is 0.143. The van der Waals surface area contributed by atoms with Crippen LogP contribution in [0.5, 0.6) is 0 Å². The van der Waals surface area contributed by atoms with Gasteiger partial charge in [-0.1, -0.05) is 30.3 Å². The number of fused-ring (bicyclic) bond motifs is 1. The lowest BCUT2D eigenvalue weighted by Gasteiger charge is -2.18. The highest BCUT2D eigenvalue weighted by molar-refractivity contribution is 5.70. The van der Waals surface area contributed by atoms with Crippen LogP contribution in [0.15, 0.2) is 54.6 Å². The van der Waals surface area contributed by atoms with Crippen LogP contribution in [0.1, 0.15) is 0 Å². The Kier molecular flexibility index (Phi) is 4.34. The van der Waals surface area contributed by atoms with E-state index in [9.17, 15) is 10.1 Å². The van der Waals surface area contributed by atoms with Crippen molar-refractivity contribution < 1.29 is 4.92 Å². The smallest absolute Gasteiger partial charge is 0.269 e. The van der Waals surface area contributed by atoms with Crippen LogP contribution < -0.4 is 10.6 Å². The van der Waals surface area contributed by atoms with Crippen molar-refractivity contribution in [1.29, 1.82) is 0 Å². The van der Waals surface area contributed by atoms with Crippen LogP contribution in [0.3, 0.4) is 0 Å². The van der Waals surface area contributed by atoms with Crippen LogP contribution in [-0.2, 0) is 0 Å². The molecule has 3 rings (SSSR count). The quantitative estimate of drug-likeness (QED) is 0.608. The van der Waals surface area contributed by atoms with E-state index in [4.69, 9.17) is 0 Å². The second-order valence-electron chi connectivity index (χ2n) is 3.99. The topological polar surface area (TPSA) is 67.2 Å². The molecule has 0 aromatic heterocycles. The predicted molar refractivity (Wildman–Crippen MR) is 76.5 cm³/mol. The van der Waals surface area contributed by atoms with Crippen LogP contribution in [0, 0.1) is 10.1 Å². The molecule has 19 heavy (non-hydrogen) atoms. The highest BCUT2D eigenvalue weighted by atomic mass is 16.6. The van der Waals surface area contributed by atoms with Crippen LogP contribution in [-0.4, -0.2) is 18.0 Å². The number of hydrogen-bond acceptors (Lipinski definition) is 4. The third kappa shape index (κ3) is 3.70. The first-order valence-electron chi connectivity index (χ1n) is 6.03. The Balaban J connectivity index is 0.000000141. The number of nitrogens with zero attached hydrogens (tertiary/aromatic N) is 1. The van der Waals surface area contributed by atoms with Crippen LogP contribution in [0.2, 0.25) is 0 Å². The summed E-state index contributed by atoms with van der Waals surface area (Å²) in [5.41, 5.74) is 2.57. The first kappa shape index (κ1) is 12.9. The lowest BCUT2D eigenvalue weighted by molar-refractivity contribution is -0.384. The molecular weight excluding hydrogens is 242 g/mol. The molecule has 2 aromatic carbocycles. The summed E-state index contributed by atoms with van der Waals surface area (Å²) in [6.07, 6.45) is 0. The van der Waals surface area contributed by atoms with Gasteiger partial charge in [-0.15, -0.1) is 0 Å². The molecule has 5 nitrogen and oxygen atoms in total. The molecule has 1 heterocycles. The summed E-state index contributed by atoms with van der Waals surface area (Å²) in [5, 5.41) is 16.6. The van der Waals surface area contributed by atoms with Gasteiger partial charge in [0, 0.05) is 25.2 Å². The molecule has 2 N–H and O–H groups in total. The van der Waals surface area contributed by atoms with Gasteiger partial charge in [0.2, 0.25) is 0 Å². The fourth-order valence-corrected chi connectivity index (χ4v) is 1.74. The van der Waals surface area contributed by atoms with Crippen molar-refractivity contribution in [1.82, 2.24) is 0 Å². The standard InChI is InChI=1S/C8H10N2.C6H5NO2/c1-2-4-8-7(3-1)9-5-6-10-8;8-7(9)6-4-2-1-3-5-6/h1-4,9-10H,5-6H2;1-5H. The Labute approximate surface area is 111 Å². The second-order valence-corrected chi connectivity index (χ2v) is 3.99. The van der Waals surface area contributed by atoms with Gasteiger partial charge in [0.25, 0.3) is 5.69 Å². The molecule has 0 fully saturated rings. The largest absolute Gasteiger partial charge is 0.382 e. The van der Waals surface area contributed by atoms with Gasteiger partial charge in [0.15, 0.2) is 0 Å². The van der Waals surface area contributed by atoms with E-state index >= 15 is 0 Å². The Morgan fingerprint density at radius 2 is 1.32 bits per heavy atom. The molecule has 0 bridgehead atoms. The number of hydrogen-bond donors (Lipinski definition) is 2. The van der Waals surface area contributed by atoms with E-state index < -0.39 is 4.92 Å². The van der Waals surface area contributed by atoms with Gasteiger partial charge in [-0.3, -0.25) is 10.1 Å². The zero-order chi connectivity index (χ0) is 13.5. The van der Waals surface area contributed by atoms with E-state index in [-0.39, 0.29) is 5.69 Å². The third-order valence-corrected chi connectivity index (χ3v) is 2.65. The molecular formula is C14H15N3O2. The second kappa shape index (κ2) is 6.39. The van der Waals surface area contributed by atoms with Crippen molar-refractivity contribution in [3.05, 3.63) is 64.7 Å². The number of non-ortho nitro benzene ring substituents is 1. The monoisotopic (exact) mass is 257 g/mol. The minimum atomic E-state index is -0.417. The molecule has 0 amide bonds. The van der Waals surface area contributed by atoms with Crippen molar-refractivity contribution in [3.63, 3.8) is 0 Å². The van der Waals surface area contributed by atoms with E-state index in [1.807, 2.05) is 12.1 Å². The summed E-state index contributed by atoms with van der Waals surface area (Å²) < 4.78 is 0. The van der Waals surface area contributed by atoms with E-state index in [2.05, 4.69) is 22.8 Å². The van der Waals surface area contributed by atoms with E-state index in [1.165, 1.54) is 23.5 Å². The van der Waals surface area contributed by atoms with Gasteiger partial charge in [-0.05, 0) is 12.1 Å². The number of nitro benzene ring substituents is 1. The summed E-state index contributed by atoms with van der Waals surface area (Å²) >= 11 is 0. The highest BCUT2D eigenvalue weighted by Gasteiger charge is 2.03. The minimum absolute atomic E-state index is 0.137. The lowest BCUT2D eigenvalue weighted by atomic mass is 10.2. The Bertz CT molecular complexity index is 518. The van der Waals surface area contributed by atoms with Crippen LogP contribution >= 0.6 is 0 Å². The molecule has 0 saturated heterocycles. The number of benzene rings is 2. The summed E-state index contributed by atoms with van der Waals surface area (Å²) in [6.45, 7) is 2.05. The SMILES string of the molecule is O=[N+]([O-])c1ccccc1.c1ccc2c(c1)NCCN2. The molecule has 0 aliphatic carbocycles. The van der Waals surface area contributed by atoms with Gasteiger partial charge < -0.3 is 10.6 Å². The minimum Gasteiger partial charge on any atom is -0.382 e. The maximum Gasteiger partial charge on any atom is 0.269 e. The Morgan fingerprint density at radius 1 is 0.842 bits per heavy atom. The molecule has 0 radical (unpaired) electrons. The Hall–Kier alpha value is -2.56. The number of anilines is 2. The zero-order valence-corrected chi connectivity index (χ0v) is 10.4. The number of rotatable bonds is 1. The van der Waals surface area contributed by atoms with E-state index in [1.54, 1.807) is 18.2 Å². The number of para-hydroxylation sites is 3. The third-order valence-electron chi connectivity index (χ3n) is 2.65. The number of nitrogens with one attached hydrogen (secondary N) is 2. The van der Waals surface area contributed by atoms with E-state index in [0.29, 0.717) is 0 Å². The molecule has 0 spiro atoms. The molecule has 0 unspecified atom stereocenters. The normalized spacial score (nSPS) is 12.0. The van der Waals surface area contributed by atoms with Crippen LogP contribution in [0.25, 0.3) is 0 Å². The zero-order valence-electron chi connectivity index (χ0n) is 10.4. The molecule has 2 aromatic rings. The average Bonchev–Trinajstić information content (AvgIpc) is 2.49. The van der Waals surface area contributed by atoms with Gasteiger partial charge in [0.05, 0.1) is 16.3 Å². The first-order valence-corrected chi connectivity index (χ1v) is 6.03. The van der Waals surface area contributed by atoms with Crippen molar-refractivity contribution in [2.75, 3.05) is 23.7 Å². The predicted octanol–water partition coefficient (Wildman–Crippen LogP) is 3.12. The molecule has 5 heteroatoms. The van der Waals surface area contributed by atoms with Gasteiger partial charge in [-0.25, -0.2) is 0 Å². The van der Waals surface area contributed by atoms with Crippen molar-refractivity contribution in [3.8, 4) is 0 Å². The summed E-state index contributed by atoms with van der Waals surface area (Å²) in [7, 11) is 0. The van der Waals surface area contributed by atoms with Crippen molar-refractivity contribution >= 4 is 17.1 Å². The summed E-state index contributed by atoms with van der Waals surface area (Å²) in [6, 6.07) is 16.2. The van der Waals surface area contributed by atoms with Gasteiger partial charge in [-0.2, -0.15) is 0 Å². The first-order chi connectivity index (χ1) is 9.27. The molecule has 0 atom stereocenters. The van der Waals surface area contributed by atoms with E-state index in [0.717, 1.165) is 13.1 Å². The van der Waals surface area contributed by atoms with Crippen LogP contribution in [0.4, 0.5) is 17.1 Å². The van der Waals surface area contributed by atoms with Crippen molar-refractivity contribution in [2.24, 2.45) is 0 Å². The molecule has 1 aliphatic heterocycles. The molecule has 1 aliphatic rings. The maximum absolute atomic E-state index is 10.0. The molecule has 98 valence electrons. The Morgan fingerprint density at radius 3 is 1.74 bits per heavy atom.